The van der Waals surface area contributed by atoms with Gasteiger partial charge in [0, 0.05) is 19.1 Å². The van der Waals surface area contributed by atoms with Gasteiger partial charge in [0.05, 0.1) is 6.10 Å². The quantitative estimate of drug-likeness (QED) is 0.611. The van der Waals surface area contributed by atoms with Gasteiger partial charge in [0.1, 0.15) is 6.17 Å². The first-order chi connectivity index (χ1) is 4.61. The van der Waals surface area contributed by atoms with E-state index in [1.54, 1.807) is 6.92 Å². The van der Waals surface area contributed by atoms with E-state index in [-0.39, 0.29) is 12.1 Å². The molecule has 0 spiro atoms. The summed E-state index contributed by atoms with van der Waals surface area (Å²) in [6.07, 6.45) is -1.02. The number of aliphatic hydroxyl groups is 1. The Labute approximate surface area is 60.6 Å². The largest absolute Gasteiger partial charge is 0.392 e. The van der Waals surface area contributed by atoms with E-state index in [9.17, 15) is 4.39 Å². The second kappa shape index (κ2) is 2.84. The molecule has 1 rings (SSSR count). The fraction of sp³-hybridized carbons (Fsp3) is 1.00. The van der Waals surface area contributed by atoms with Crippen LogP contribution < -0.4 is 0 Å². The van der Waals surface area contributed by atoms with Crippen molar-refractivity contribution in [1.29, 1.82) is 0 Å². The molecule has 0 aromatic rings. The summed E-state index contributed by atoms with van der Waals surface area (Å²) in [7, 11) is 0. The van der Waals surface area contributed by atoms with Crippen LogP contribution in [0.4, 0.5) is 4.39 Å². The molecule has 1 saturated heterocycles. The lowest BCUT2D eigenvalue weighted by atomic mass is 10.1. The Kier molecular flexibility index (Phi) is 2.26. The minimum atomic E-state index is -0.666. The third-order valence-corrected chi connectivity index (χ3v) is 2.14. The minimum absolute atomic E-state index is 0.104. The summed E-state index contributed by atoms with van der Waals surface area (Å²) in [6, 6.07) is 0.104. The zero-order chi connectivity index (χ0) is 7.72. The van der Waals surface area contributed by atoms with Crippen molar-refractivity contribution >= 4 is 0 Å². The van der Waals surface area contributed by atoms with E-state index in [0.29, 0.717) is 13.1 Å². The van der Waals surface area contributed by atoms with Crippen molar-refractivity contribution in [2.75, 3.05) is 13.1 Å². The van der Waals surface area contributed by atoms with Gasteiger partial charge in [-0.1, -0.05) is 0 Å². The third kappa shape index (κ3) is 1.47. The topological polar surface area (TPSA) is 23.5 Å². The maximum atomic E-state index is 12.3. The zero-order valence-corrected chi connectivity index (χ0v) is 6.42. The molecule has 0 bridgehead atoms. The van der Waals surface area contributed by atoms with Crippen LogP contribution in [0.15, 0.2) is 0 Å². The molecule has 1 N–H and O–H groups in total. The van der Waals surface area contributed by atoms with Gasteiger partial charge in [-0.2, -0.15) is 0 Å². The molecule has 0 amide bonds. The summed E-state index contributed by atoms with van der Waals surface area (Å²) in [4.78, 5) is 1.94. The van der Waals surface area contributed by atoms with Crippen LogP contribution in [0, 0.1) is 0 Å². The molecular weight excluding hydrogens is 133 g/mol. The van der Waals surface area contributed by atoms with Crippen molar-refractivity contribution in [2.24, 2.45) is 0 Å². The molecule has 1 aliphatic rings. The molecule has 1 fully saturated rings. The van der Waals surface area contributed by atoms with Gasteiger partial charge in [0.2, 0.25) is 0 Å². The lowest BCUT2D eigenvalue weighted by molar-refractivity contribution is -0.0145. The molecule has 2 unspecified atom stereocenters. The number of hydrogen-bond donors (Lipinski definition) is 1. The van der Waals surface area contributed by atoms with Crippen molar-refractivity contribution < 1.29 is 9.50 Å². The first kappa shape index (κ1) is 7.95. The number of hydrogen-bond acceptors (Lipinski definition) is 2. The maximum Gasteiger partial charge on any atom is 0.125 e. The Morgan fingerprint density at radius 3 is 2.30 bits per heavy atom. The highest BCUT2D eigenvalue weighted by Gasteiger charge is 2.31. The number of rotatable bonds is 2. The molecule has 0 aromatic carbocycles. The Balaban J connectivity index is 2.24. The van der Waals surface area contributed by atoms with Gasteiger partial charge < -0.3 is 5.11 Å². The second-order valence-corrected chi connectivity index (χ2v) is 3.03. The van der Waals surface area contributed by atoms with Crippen molar-refractivity contribution in [3.8, 4) is 0 Å². The molecule has 0 radical (unpaired) electrons. The predicted octanol–water partition coefficient (Wildman–Crippen LogP) is 0.409. The summed E-state index contributed by atoms with van der Waals surface area (Å²) < 4.78 is 12.3. The van der Waals surface area contributed by atoms with E-state index in [0.717, 1.165) is 0 Å². The Hall–Kier alpha value is -0.150. The normalized spacial score (nSPS) is 27.6. The van der Waals surface area contributed by atoms with Gasteiger partial charge in [-0.15, -0.1) is 0 Å². The smallest absolute Gasteiger partial charge is 0.125 e. The molecule has 3 heteroatoms. The van der Waals surface area contributed by atoms with Gasteiger partial charge in [0.25, 0.3) is 0 Å². The molecular formula is C7H14FNO. The molecule has 10 heavy (non-hydrogen) atoms. The minimum Gasteiger partial charge on any atom is -0.392 e. The average molecular weight is 147 g/mol. The highest BCUT2D eigenvalue weighted by molar-refractivity contribution is 4.85. The van der Waals surface area contributed by atoms with Crippen LogP contribution in [0.5, 0.6) is 0 Å². The van der Waals surface area contributed by atoms with Gasteiger partial charge in [0.15, 0.2) is 0 Å². The van der Waals surface area contributed by atoms with Crippen LogP contribution in [-0.4, -0.2) is 41.4 Å². The fourth-order valence-electron chi connectivity index (χ4n) is 1.09. The summed E-state index contributed by atoms with van der Waals surface area (Å²) in [5, 5.41) is 9.08. The van der Waals surface area contributed by atoms with Gasteiger partial charge in [-0.05, 0) is 13.8 Å². The lowest BCUT2D eigenvalue weighted by Gasteiger charge is -2.40. The molecule has 1 aliphatic heterocycles. The van der Waals surface area contributed by atoms with Gasteiger partial charge >= 0.3 is 0 Å². The summed E-state index contributed by atoms with van der Waals surface area (Å²) in [5.41, 5.74) is 0. The van der Waals surface area contributed by atoms with Crippen LogP contribution >= 0.6 is 0 Å². The van der Waals surface area contributed by atoms with Crippen LogP contribution in [0.1, 0.15) is 13.8 Å². The molecule has 60 valence electrons. The Morgan fingerprint density at radius 2 is 2.00 bits per heavy atom. The number of alkyl halides is 1. The molecule has 0 aliphatic carbocycles. The van der Waals surface area contributed by atoms with Crippen molar-refractivity contribution in [2.45, 2.75) is 32.2 Å². The van der Waals surface area contributed by atoms with E-state index >= 15 is 0 Å². The van der Waals surface area contributed by atoms with E-state index in [2.05, 4.69) is 0 Å². The molecule has 2 nitrogen and oxygen atoms in total. The Bertz CT molecular complexity index is 112. The number of nitrogens with zero attached hydrogens (tertiary/aromatic N) is 1. The standard InChI is InChI=1S/C7H14FNO/c1-5(6(2)10)9-3-7(8)4-9/h5-7,10H,3-4H2,1-2H3. The van der Waals surface area contributed by atoms with Crippen LogP contribution in [0.3, 0.4) is 0 Å². The molecule has 0 saturated carbocycles. The molecule has 1 heterocycles. The van der Waals surface area contributed by atoms with E-state index in [1.165, 1.54) is 0 Å². The summed E-state index contributed by atoms with van der Waals surface area (Å²) in [6.45, 7) is 4.63. The first-order valence-corrected chi connectivity index (χ1v) is 3.67. The number of halogens is 1. The van der Waals surface area contributed by atoms with Crippen LogP contribution in [-0.2, 0) is 0 Å². The van der Waals surface area contributed by atoms with Crippen molar-refractivity contribution in [3.05, 3.63) is 0 Å². The number of likely N-dealkylation sites (tertiary alicyclic amines) is 1. The average Bonchev–Trinajstić information content (AvgIpc) is 1.79. The van der Waals surface area contributed by atoms with Crippen molar-refractivity contribution in [1.82, 2.24) is 4.90 Å². The molecule has 0 aromatic heterocycles. The Morgan fingerprint density at radius 1 is 1.50 bits per heavy atom. The maximum absolute atomic E-state index is 12.3. The highest BCUT2D eigenvalue weighted by Crippen LogP contribution is 2.16. The summed E-state index contributed by atoms with van der Waals surface area (Å²) in [5.74, 6) is 0. The fourth-order valence-corrected chi connectivity index (χ4v) is 1.09. The van der Waals surface area contributed by atoms with Crippen LogP contribution in [0.25, 0.3) is 0 Å². The zero-order valence-electron chi connectivity index (χ0n) is 6.42. The first-order valence-electron chi connectivity index (χ1n) is 3.67. The van der Waals surface area contributed by atoms with E-state index < -0.39 is 6.17 Å². The van der Waals surface area contributed by atoms with Crippen molar-refractivity contribution in [3.63, 3.8) is 0 Å². The van der Waals surface area contributed by atoms with E-state index in [1.807, 2.05) is 11.8 Å². The van der Waals surface area contributed by atoms with E-state index in [4.69, 9.17) is 5.11 Å². The summed E-state index contributed by atoms with van der Waals surface area (Å²) >= 11 is 0. The lowest BCUT2D eigenvalue weighted by Crippen LogP contribution is -2.55. The predicted molar refractivity (Wildman–Crippen MR) is 37.6 cm³/mol. The third-order valence-electron chi connectivity index (χ3n) is 2.14. The monoisotopic (exact) mass is 147 g/mol. The van der Waals surface area contributed by atoms with Gasteiger partial charge in [-0.3, -0.25) is 4.90 Å². The van der Waals surface area contributed by atoms with Crippen LogP contribution in [0.2, 0.25) is 0 Å². The van der Waals surface area contributed by atoms with Gasteiger partial charge in [-0.25, -0.2) is 4.39 Å². The highest BCUT2D eigenvalue weighted by atomic mass is 19.1. The SMILES string of the molecule is CC(O)C(C)N1CC(F)C1. The number of aliphatic hydroxyl groups excluding tert-OH is 1. The molecule has 2 atom stereocenters. The second-order valence-electron chi connectivity index (χ2n) is 3.03.